The minimum absolute atomic E-state index is 0.0167. The molecule has 0 bridgehead atoms. The van der Waals surface area contributed by atoms with Crippen LogP contribution in [0.2, 0.25) is 36.3 Å². The lowest BCUT2D eigenvalue weighted by Gasteiger charge is -2.40. The molecule has 0 radical (unpaired) electrons. The fourth-order valence-corrected chi connectivity index (χ4v) is 5.16. The minimum Gasteiger partial charge on any atom is -0.414 e. The largest absolute Gasteiger partial charge is 0.414 e. The number of nitrogens with zero attached hydrogens (tertiary/aromatic N) is 1. The van der Waals surface area contributed by atoms with E-state index in [1.165, 1.54) is 16.8 Å². The molecule has 4 atom stereocenters. The van der Waals surface area contributed by atoms with Crippen LogP contribution in [0.25, 0.3) is 0 Å². The van der Waals surface area contributed by atoms with Crippen LogP contribution in [0, 0.1) is 0 Å². The number of aliphatic hydroxyl groups is 1. The van der Waals surface area contributed by atoms with Gasteiger partial charge in [-0.05, 0) is 36.3 Å². The number of nitrogens with one attached hydrogen (secondary N) is 1. The summed E-state index contributed by atoms with van der Waals surface area (Å²) >= 11 is 0. The van der Waals surface area contributed by atoms with Gasteiger partial charge in [0.2, 0.25) is 0 Å². The number of hydrogen-bond acceptors (Lipinski definition) is 6. The molecule has 0 aliphatic carbocycles. The summed E-state index contributed by atoms with van der Waals surface area (Å²) in [7, 11) is -4.35. The number of hydrogen-bond donors (Lipinski definition) is 2. The van der Waals surface area contributed by atoms with Gasteiger partial charge in [-0.25, -0.2) is 4.79 Å². The van der Waals surface area contributed by atoms with Gasteiger partial charge in [-0.1, -0.05) is 41.5 Å². The highest BCUT2D eigenvalue weighted by atomic mass is 28.4. The Kier molecular flexibility index (Phi) is 7.37. The fraction of sp³-hybridized carbons (Fsp3) is 0.810. The summed E-state index contributed by atoms with van der Waals surface area (Å²) in [6.07, 6.45) is -1.84. The number of aliphatic hydroxyl groups excluding tert-OH is 1. The Hall–Kier alpha value is -1.05. The predicted molar refractivity (Wildman–Crippen MR) is 126 cm³/mol. The van der Waals surface area contributed by atoms with E-state index in [0.717, 1.165) is 0 Å². The van der Waals surface area contributed by atoms with Crippen molar-refractivity contribution < 1.29 is 18.7 Å². The van der Waals surface area contributed by atoms with Crippen LogP contribution in [0.1, 0.15) is 47.8 Å². The molecule has 1 aromatic heterocycles. The van der Waals surface area contributed by atoms with Gasteiger partial charge >= 0.3 is 5.69 Å². The molecule has 1 aromatic rings. The van der Waals surface area contributed by atoms with Gasteiger partial charge in [0.15, 0.2) is 22.9 Å². The molecule has 2 rings (SSSR count). The second kappa shape index (κ2) is 8.71. The normalized spacial score (nSPS) is 25.8. The van der Waals surface area contributed by atoms with Gasteiger partial charge in [0.25, 0.3) is 5.56 Å². The van der Waals surface area contributed by atoms with Crippen molar-refractivity contribution in [3.63, 3.8) is 0 Å². The molecule has 0 saturated carbocycles. The zero-order chi connectivity index (χ0) is 24.0. The standard InChI is InChI=1S/C21H40N2O6Si2/c1-20(2,3)30(7,8)27-13-14-16(25)17(29-31(9,10)21(4,5)6)18(28-14)23-12-11-15(24)22-19(23)26/h11-12,14,16-18,25H,13H2,1-10H3,(H,22,24,26)/t14-,16?,17?,18-/m1/s1. The van der Waals surface area contributed by atoms with E-state index in [-0.39, 0.29) is 16.7 Å². The van der Waals surface area contributed by atoms with Crippen molar-refractivity contribution in [1.82, 2.24) is 9.55 Å². The lowest BCUT2D eigenvalue weighted by Crippen LogP contribution is -2.50. The second-order valence-corrected chi connectivity index (χ2v) is 21.1. The third-order valence-electron chi connectivity index (χ3n) is 7.09. The van der Waals surface area contributed by atoms with E-state index in [4.69, 9.17) is 13.6 Å². The third-order valence-corrected chi connectivity index (χ3v) is 16.1. The molecule has 10 heteroatoms. The number of aromatic nitrogens is 2. The lowest BCUT2D eigenvalue weighted by atomic mass is 10.1. The first-order valence-electron chi connectivity index (χ1n) is 10.8. The topological polar surface area (TPSA) is 103 Å². The lowest BCUT2D eigenvalue weighted by molar-refractivity contribution is -0.0514. The zero-order valence-corrected chi connectivity index (χ0v) is 22.6. The molecule has 2 N–H and O–H groups in total. The highest BCUT2D eigenvalue weighted by Gasteiger charge is 2.51. The van der Waals surface area contributed by atoms with Crippen molar-refractivity contribution in [2.45, 2.75) is 102 Å². The summed E-state index contributed by atoms with van der Waals surface area (Å²) < 4.78 is 20.2. The van der Waals surface area contributed by atoms with Gasteiger partial charge in [-0.15, -0.1) is 0 Å². The van der Waals surface area contributed by atoms with Crippen LogP contribution in [0.5, 0.6) is 0 Å². The fourth-order valence-electron chi connectivity index (χ4n) is 2.86. The molecular formula is C21H40N2O6Si2. The predicted octanol–water partition coefficient (Wildman–Crippen LogP) is 3.21. The molecule has 31 heavy (non-hydrogen) atoms. The molecule has 1 saturated heterocycles. The molecule has 178 valence electrons. The smallest absolute Gasteiger partial charge is 0.330 e. The Morgan fingerprint density at radius 2 is 1.61 bits per heavy atom. The Labute approximate surface area is 187 Å². The summed E-state index contributed by atoms with van der Waals surface area (Å²) in [5, 5.41) is 11.1. The first kappa shape index (κ1) is 26.2. The summed E-state index contributed by atoms with van der Waals surface area (Å²) in [5.74, 6) is 0. The van der Waals surface area contributed by atoms with Crippen molar-refractivity contribution >= 4 is 16.6 Å². The number of ether oxygens (including phenoxy) is 1. The average molecular weight is 473 g/mol. The molecule has 0 amide bonds. The maximum atomic E-state index is 12.5. The molecule has 1 aliphatic rings. The van der Waals surface area contributed by atoms with Crippen molar-refractivity contribution in [3.8, 4) is 0 Å². The van der Waals surface area contributed by atoms with E-state index in [9.17, 15) is 14.7 Å². The zero-order valence-electron chi connectivity index (χ0n) is 20.6. The average Bonchev–Trinajstić information content (AvgIpc) is 2.87. The molecule has 0 spiro atoms. The third kappa shape index (κ3) is 5.66. The SMILES string of the molecule is CC(C)(C)[Si](C)(C)OC[C@H]1O[C@@H](n2ccc(=O)[nH]c2=O)C(O[Si](C)(C)C(C)(C)C)C1O. The van der Waals surface area contributed by atoms with Gasteiger partial charge in [0.05, 0.1) is 6.61 Å². The summed E-state index contributed by atoms with van der Waals surface area (Å²) in [6.45, 7) is 21.5. The number of aromatic amines is 1. The van der Waals surface area contributed by atoms with Crippen LogP contribution >= 0.6 is 0 Å². The molecule has 8 nitrogen and oxygen atoms in total. The second-order valence-electron chi connectivity index (χ2n) is 11.5. The van der Waals surface area contributed by atoms with Gasteiger partial charge in [0.1, 0.15) is 18.3 Å². The van der Waals surface area contributed by atoms with Crippen LogP contribution in [-0.4, -0.2) is 56.2 Å². The van der Waals surface area contributed by atoms with Crippen molar-refractivity contribution in [2.75, 3.05) is 6.61 Å². The number of H-pyrrole nitrogens is 1. The maximum absolute atomic E-state index is 12.5. The molecule has 2 heterocycles. The first-order chi connectivity index (χ1) is 13.9. The Bertz CT molecular complexity index is 881. The molecule has 2 unspecified atom stereocenters. The van der Waals surface area contributed by atoms with E-state index >= 15 is 0 Å². The van der Waals surface area contributed by atoms with Gasteiger partial charge in [0, 0.05) is 12.3 Å². The molecular weight excluding hydrogens is 432 g/mol. The highest BCUT2D eigenvalue weighted by Crippen LogP contribution is 2.42. The van der Waals surface area contributed by atoms with E-state index in [1.54, 1.807) is 0 Å². The Morgan fingerprint density at radius 3 is 2.10 bits per heavy atom. The van der Waals surface area contributed by atoms with Crippen LogP contribution in [0.3, 0.4) is 0 Å². The Morgan fingerprint density at radius 1 is 1.06 bits per heavy atom. The molecule has 1 aliphatic heterocycles. The van der Waals surface area contributed by atoms with Crippen molar-refractivity contribution in [3.05, 3.63) is 33.1 Å². The number of rotatable bonds is 6. The van der Waals surface area contributed by atoms with Crippen molar-refractivity contribution in [2.24, 2.45) is 0 Å². The van der Waals surface area contributed by atoms with Crippen LogP contribution in [-0.2, 0) is 13.6 Å². The van der Waals surface area contributed by atoms with Crippen molar-refractivity contribution in [1.29, 1.82) is 0 Å². The first-order valence-corrected chi connectivity index (χ1v) is 16.7. The quantitative estimate of drug-likeness (QED) is 0.616. The van der Waals surface area contributed by atoms with Crippen LogP contribution in [0.4, 0.5) is 0 Å². The monoisotopic (exact) mass is 472 g/mol. The highest BCUT2D eigenvalue weighted by molar-refractivity contribution is 6.74. The minimum atomic E-state index is -2.29. The summed E-state index contributed by atoms with van der Waals surface area (Å²) in [6, 6.07) is 1.26. The van der Waals surface area contributed by atoms with E-state index in [2.05, 4.69) is 72.7 Å². The summed E-state index contributed by atoms with van der Waals surface area (Å²) in [5.41, 5.74) is -1.08. The van der Waals surface area contributed by atoms with Gasteiger partial charge in [-0.3, -0.25) is 14.3 Å². The van der Waals surface area contributed by atoms with E-state index in [1.807, 2.05) is 0 Å². The van der Waals surface area contributed by atoms with Crippen LogP contribution in [0.15, 0.2) is 21.9 Å². The summed E-state index contributed by atoms with van der Waals surface area (Å²) in [4.78, 5) is 26.3. The van der Waals surface area contributed by atoms with Crippen LogP contribution < -0.4 is 11.2 Å². The maximum Gasteiger partial charge on any atom is 0.330 e. The molecule has 1 fully saturated rings. The van der Waals surface area contributed by atoms with E-state index < -0.39 is 52.4 Å². The Balaban J connectivity index is 2.37. The van der Waals surface area contributed by atoms with Gasteiger partial charge < -0.3 is 18.7 Å². The van der Waals surface area contributed by atoms with Gasteiger partial charge in [-0.2, -0.15) is 0 Å². The molecule has 0 aromatic carbocycles. The van der Waals surface area contributed by atoms with E-state index in [0.29, 0.717) is 0 Å².